The summed E-state index contributed by atoms with van der Waals surface area (Å²) in [5.74, 6) is -0.822. The summed E-state index contributed by atoms with van der Waals surface area (Å²) in [6.07, 6.45) is 1.66. The van der Waals surface area contributed by atoms with Gasteiger partial charge in [0.05, 0.1) is 12.3 Å². The molecule has 0 fully saturated rings. The lowest BCUT2D eigenvalue weighted by molar-refractivity contribution is 0.0530. The van der Waals surface area contributed by atoms with Gasteiger partial charge in [0.25, 0.3) is 0 Å². The molecule has 1 N–H and O–H groups in total. The molecule has 1 aromatic carbocycles. The van der Waals surface area contributed by atoms with E-state index >= 15 is 0 Å². The summed E-state index contributed by atoms with van der Waals surface area (Å²) in [5.41, 5.74) is 0.695. The van der Waals surface area contributed by atoms with Crippen molar-refractivity contribution >= 4 is 60.8 Å². The normalized spacial score (nSPS) is 10.7. The summed E-state index contributed by atoms with van der Waals surface area (Å²) in [5, 5.41) is 4.22. The number of carbonyl (C=O) groups is 1. The Morgan fingerprint density at radius 2 is 2.26 bits per heavy atom. The van der Waals surface area contributed by atoms with Crippen molar-refractivity contribution in [1.82, 2.24) is 4.98 Å². The van der Waals surface area contributed by atoms with Crippen LogP contribution in [-0.4, -0.2) is 17.6 Å². The lowest BCUT2D eigenvalue weighted by Crippen LogP contribution is -2.06. The van der Waals surface area contributed by atoms with Crippen LogP contribution in [0.3, 0.4) is 0 Å². The standard InChI is InChI=1S/C16H12FIN2O2S/c1-2-22-16(21)13-10-4-3-7-19-14(10)23-15(13)20-12-6-5-9(18)8-11(12)17/h3-8,20H,2H2,1H3. The first-order valence-corrected chi connectivity index (χ1v) is 8.76. The van der Waals surface area contributed by atoms with E-state index in [0.29, 0.717) is 26.5 Å². The number of hydrogen-bond donors (Lipinski definition) is 1. The minimum Gasteiger partial charge on any atom is -0.462 e. The van der Waals surface area contributed by atoms with Gasteiger partial charge in [0.1, 0.15) is 21.2 Å². The van der Waals surface area contributed by atoms with Gasteiger partial charge in [-0.2, -0.15) is 0 Å². The first-order valence-electron chi connectivity index (χ1n) is 6.87. The minimum absolute atomic E-state index is 0.272. The van der Waals surface area contributed by atoms with E-state index in [1.54, 1.807) is 37.4 Å². The number of anilines is 2. The quantitative estimate of drug-likeness (QED) is 0.459. The Kier molecular flexibility index (Phi) is 4.76. The van der Waals surface area contributed by atoms with Crippen molar-refractivity contribution in [3.63, 3.8) is 0 Å². The van der Waals surface area contributed by atoms with E-state index in [1.807, 2.05) is 22.6 Å². The largest absolute Gasteiger partial charge is 0.462 e. The van der Waals surface area contributed by atoms with Crippen LogP contribution < -0.4 is 5.32 Å². The summed E-state index contributed by atoms with van der Waals surface area (Å²) < 4.78 is 20.0. The van der Waals surface area contributed by atoms with Crippen LogP contribution in [0.5, 0.6) is 0 Å². The lowest BCUT2D eigenvalue weighted by atomic mass is 10.2. The maximum Gasteiger partial charge on any atom is 0.341 e. The molecule has 0 spiro atoms. The molecule has 3 aromatic rings. The van der Waals surface area contributed by atoms with Gasteiger partial charge in [-0.1, -0.05) is 11.3 Å². The monoisotopic (exact) mass is 442 g/mol. The van der Waals surface area contributed by atoms with Gasteiger partial charge in [0, 0.05) is 15.2 Å². The molecular weight excluding hydrogens is 430 g/mol. The predicted molar refractivity (Wildman–Crippen MR) is 98.0 cm³/mol. The second-order valence-corrected chi connectivity index (χ2v) is 6.88. The van der Waals surface area contributed by atoms with Crippen LogP contribution in [-0.2, 0) is 4.74 Å². The zero-order valence-corrected chi connectivity index (χ0v) is 15.1. The molecule has 0 unspecified atom stereocenters. The van der Waals surface area contributed by atoms with Crippen LogP contribution in [0.25, 0.3) is 10.2 Å². The summed E-state index contributed by atoms with van der Waals surface area (Å²) >= 11 is 3.34. The fourth-order valence-electron chi connectivity index (χ4n) is 2.14. The minimum atomic E-state index is -0.444. The van der Waals surface area contributed by atoms with Crippen LogP contribution in [0.4, 0.5) is 15.1 Å². The number of esters is 1. The molecule has 4 nitrogen and oxygen atoms in total. The number of pyridine rings is 1. The van der Waals surface area contributed by atoms with E-state index < -0.39 is 5.97 Å². The molecule has 0 aliphatic rings. The fraction of sp³-hybridized carbons (Fsp3) is 0.125. The van der Waals surface area contributed by atoms with Crippen molar-refractivity contribution in [2.45, 2.75) is 6.92 Å². The molecule has 0 aliphatic heterocycles. The van der Waals surface area contributed by atoms with Gasteiger partial charge in [-0.15, -0.1) is 0 Å². The van der Waals surface area contributed by atoms with Gasteiger partial charge in [-0.3, -0.25) is 0 Å². The van der Waals surface area contributed by atoms with Gasteiger partial charge in [0.2, 0.25) is 0 Å². The van der Waals surface area contributed by atoms with E-state index in [0.717, 1.165) is 3.57 Å². The van der Waals surface area contributed by atoms with Crippen LogP contribution in [0.2, 0.25) is 0 Å². The highest BCUT2D eigenvalue weighted by atomic mass is 127. The molecular formula is C16H12FIN2O2S. The molecule has 0 saturated heterocycles. The highest BCUT2D eigenvalue weighted by Gasteiger charge is 2.21. The molecule has 2 aromatic heterocycles. The maximum absolute atomic E-state index is 14.1. The molecule has 0 aliphatic carbocycles. The highest BCUT2D eigenvalue weighted by molar-refractivity contribution is 14.1. The molecule has 2 heterocycles. The zero-order chi connectivity index (χ0) is 16.4. The number of halogens is 2. The average Bonchev–Trinajstić information content (AvgIpc) is 2.88. The van der Waals surface area contributed by atoms with Crippen molar-refractivity contribution in [3.05, 3.63) is 51.5 Å². The van der Waals surface area contributed by atoms with Gasteiger partial charge < -0.3 is 10.1 Å². The maximum atomic E-state index is 14.1. The molecule has 0 bridgehead atoms. The number of rotatable bonds is 4. The molecule has 7 heteroatoms. The van der Waals surface area contributed by atoms with Crippen molar-refractivity contribution in [2.24, 2.45) is 0 Å². The third-order valence-corrected chi connectivity index (χ3v) is 4.83. The van der Waals surface area contributed by atoms with E-state index in [1.165, 1.54) is 17.4 Å². The van der Waals surface area contributed by atoms with E-state index in [2.05, 4.69) is 10.3 Å². The average molecular weight is 442 g/mol. The molecule has 3 rings (SSSR count). The Labute approximate surface area is 149 Å². The Hall–Kier alpha value is -1.74. The number of nitrogens with zero attached hydrogens (tertiary/aromatic N) is 1. The Balaban J connectivity index is 2.09. The molecule has 23 heavy (non-hydrogen) atoms. The molecule has 0 atom stereocenters. The fourth-order valence-corrected chi connectivity index (χ4v) is 3.64. The Morgan fingerprint density at radius 3 is 3.00 bits per heavy atom. The number of thiophene rings is 1. The van der Waals surface area contributed by atoms with Crippen molar-refractivity contribution < 1.29 is 13.9 Å². The number of carbonyl (C=O) groups excluding carboxylic acids is 1. The summed E-state index contributed by atoms with van der Waals surface area (Å²) in [7, 11) is 0. The van der Waals surface area contributed by atoms with Crippen molar-refractivity contribution in [3.8, 4) is 0 Å². The van der Waals surface area contributed by atoms with Gasteiger partial charge >= 0.3 is 5.97 Å². The molecule has 0 saturated carbocycles. The second-order valence-electron chi connectivity index (χ2n) is 4.63. The van der Waals surface area contributed by atoms with Crippen molar-refractivity contribution in [2.75, 3.05) is 11.9 Å². The Bertz CT molecular complexity index is 882. The first-order chi connectivity index (χ1) is 11.1. The predicted octanol–water partition coefficient (Wildman–Crippen LogP) is 4.96. The van der Waals surface area contributed by atoms with Crippen molar-refractivity contribution in [1.29, 1.82) is 0 Å². The summed E-state index contributed by atoms with van der Waals surface area (Å²) in [6.45, 7) is 2.02. The molecule has 0 radical (unpaired) electrons. The SMILES string of the molecule is CCOC(=O)c1c(Nc2ccc(I)cc2F)sc2ncccc12. The Morgan fingerprint density at radius 1 is 1.43 bits per heavy atom. The van der Waals surface area contributed by atoms with Crippen LogP contribution in [0.1, 0.15) is 17.3 Å². The third-order valence-electron chi connectivity index (χ3n) is 3.13. The highest BCUT2D eigenvalue weighted by Crippen LogP contribution is 2.37. The zero-order valence-electron chi connectivity index (χ0n) is 12.1. The number of nitrogens with one attached hydrogen (secondary N) is 1. The number of ether oxygens (including phenoxy) is 1. The summed E-state index contributed by atoms with van der Waals surface area (Å²) in [4.78, 5) is 17.2. The number of aromatic nitrogens is 1. The van der Waals surface area contributed by atoms with Crippen LogP contribution in [0, 0.1) is 9.39 Å². The number of fused-ring (bicyclic) bond motifs is 1. The van der Waals surface area contributed by atoms with Crippen LogP contribution in [0.15, 0.2) is 36.5 Å². The van der Waals surface area contributed by atoms with Gasteiger partial charge in [-0.05, 0) is 59.8 Å². The second kappa shape index (κ2) is 6.79. The first kappa shape index (κ1) is 16.1. The smallest absolute Gasteiger partial charge is 0.341 e. The van der Waals surface area contributed by atoms with Gasteiger partial charge in [-0.25, -0.2) is 14.2 Å². The van der Waals surface area contributed by atoms with Gasteiger partial charge in [0.15, 0.2) is 0 Å². The summed E-state index contributed by atoms with van der Waals surface area (Å²) in [6, 6.07) is 8.43. The number of hydrogen-bond acceptors (Lipinski definition) is 5. The third kappa shape index (κ3) is 3.30. The molecule has 118 valence electrons. The lowest BCUT2D eigenvalue weighted by Gasteiger charge is -2.08. The molecule has 0 amide bonds. The topological polar surface area (TPSA) is 51.2 Å². The van der Waals surface area contributed by atoms with E-state index in [4.69, 9.17) is 4.74 Å². The van der Waals surface area contributed by atoms with Crippen LogP contribution >= 0.6 is 33.9 Å². The number of benzene rings is 1. The van der Waals surface area contributed by atoms with E-state index in [9.17, 15) is 9.18 Å². The van der Waals surface area contributed by atoms with E-state index in [-0.39, 0.29) is 12.4 Å².